The van der Waals surface area contributed by atoms with Crippen LogP contribution in [0.4, 0.5) is 0 Å². The van der Waals surface area contributed by atoms with Gasteiger partial charge in [-0.15, -0.1) is 0 Å². The smallest absolute Gasteiger partial charge is 0.282 e. The van der Waals surface area contributed by atoms with Crippen LogP contribution in [0.2, 0.25) is 0 Å². The van der Waals surface area contributed by atoms with Crippen molar-refractivity contribution in [3.05, 3.63) is 62.6 Å². The van der Waals surface area contributed by atoms with E-state index in [0.29, 0.717) is 29.0 Å². The molecule has 0 spiro atoms. The summed E-state index contributed by atoms with van der Waals surface area (Å²) in [5.41, 5.74) is 1.39. The molecular formula is C27H32BrN3O3. The lowest BCUT2D eigenvalue weighted by atomic mass is 9.88. The fourth-order valence-electron chi connectivity index (χ4n) is 4.30. The number of fused-ring (bicyclic) bond motifs is 1. The van der Waals surface area contributed by atoms with E-state index in [2.05, 4.69) is 28.0 Å². The number of benzene rings is 2. The average molecular weight is 526 g/mol. The molecule has 6 nitrogen and oxygen atoms in total. The van der Waals surface area contributed by atoms with Crippen LogP contribution < -0.4 is 15.0 Å². The second-order valence-electron chi connectivity index (χ2n) is 8.80. The molecule has 0 radical (unpaired) electrons. The Morgan fingerprint density at radius 1 is 1.15 bits per heavy atom. The zero-order valence-corrected chi connectivity index (χ0v) is 21.7. The molecule has 1 heterocycles. The highest BCUT2D eigenvalue weighted by atomic mass is 79.9. The molecule has 1 aromatic heterocycles. The second-order valence-corrected chi connectivity index (χ2v) is 9.72. The lowest BCUT2D eigenvalue weighted by Gasteiger charge is -2.22. The van der Waals surface area contributed by atoms with Gasteiger partial charge in [-0.25, -0.2) is 4.98 Å². The molecule has 1 aliphatic carbocycles. The molecule has 0 unspecified atom stereocenters. The van der Waals surface area contributed by atoms with Crippen LogP contribution in [-0.4, -0.2) is 28.6 Å². The lowest BCUT2D eigenvalue weighted by Crippen LogP contribution is -2.25. The predicted octanol–water partition coefficient (Wildman–Crippen LogP) is 6.66. The van der Waals surface area contributed by atoms with Crippen LogP contribution in [0.25, 0.3) is 10.9 Å². The Morgan fingerprint density at radius 2 is 1.94 bits per heavy atom. The van der Waals surface area contributed by atoms with Gasteiger partial charge in [-0.05, 0) is 75.1 Å². The molecule has 180 valence electrons. The molecule has 0 aliphatic heterocycles. The highest BCUT2D eigenvalue weighted by Crippen LogP contribution is 2.32. The van der Waals surface area contributed by atoms with E-state index in [-0.39, 0.29) is 17.6 Å². The maximum atomic E-state index is 13.5. The molecule has 0 saturated heterocycles. The number of halogens is 1. The maximum Gasteiger partial charge on any atom is 0.282 e. The molecule has 34 heavy (non-hydrogen) atoms. The van der Waals surface area contributed by atoms with Crippen molar-refractivity contribution in [1.29, 1.82) is 0 Å². The fourth-order valence-corrected chi connectivity index (χ4v) is 4.66. The highest BCUT2D eigenvalue weighted by molar-refractivity contribution is 9.10. The minimum atomic E-state index is -0.148. The van der Waals surface area contributed by atoms with E-state index < -0.39 is 0 Å². The van der Waals surface area contributed by atoms with Crippen molar-refractivity contribution in [2.75, 3.05) is 6.61 Å². The van der Waals surface area contributed by atoms with Crippen molar-refractivity contribution >= 4 is 33.0 Å². The number of nitrogens with zero attached hydrogens (tertiary/aromatic N) is 3. The number of aromatic nitrogens is 2. The van der Waals surface area contributed by atoms with Gasteiger partial charge < -0.3 is 9.47 Å². The summed E-state index contributed by atoms with van der Waals surface area (Å²) in [6.07, 6.45) is 8.30. The van der Waals surface area contributed by atoms with E-state index in [1.807, 2.05) is 50.2 Å². The highest BCUT2D eigenvalue weighted by Gasteiger charge is 2.22. The van der Waals surface area contributed by atoms with E-state index >= 15 is 0 Å². The van der Waals surface area contributed by atoms with Gasteiger partial charge in [0.05, 0.1) is 29.8 Å². The maximum absolute atomic E-state index is 13.5. The van der Waals surface area contributed by atoms with Gasteiger partial charge in [-0.2, -0.15) is 9.78 Å². The summed E-state index contributed by atoms with van der Waals surface area (Å²) in [6.45, 7) is 6.61. The summed E-state index contributed by atoms with van der Waals surface area (Å²) in [6, 6.07) is 11.4. The summed E-state index contributed by atoms with van der Waals surface area (Å²) in [7, 11) is 0. The Balaban J connectivity index is 1.75. The molecule has 1 saturated carbocycles. The molecule has 0 N–H and O–H groups in total. The molecule has 1 aliphatic rings. The quantitative estimate of drug-likeness (QED) is 0.308. The van der Waals surface area contributed by atoms with Crippen molar-refractivity contribution in [2.45, 2.75) is 71.3 Å². The summed E-state index contributed by atoms with van der Waals surface area (Å²) in [5.74, 6) is 2.37. The molecule has 1 fully saturated rings. The number of ether oxygens (including phenoxy) is 2. The topological polar surface area (TPSA) is 65.7 Å². The third-order valence-electron chi connectivity index (χ3n) is 6.30. The van der Waals surface area contributed by atoms with Crippen LogP contribution in [0.15, 0.2) is 50.8 Å². The first-order valence-electron chi connectivity index (χ1n) is 12.2. The monoisotopic (exact) mass is 525 g/mol. The molecule has 0 bridgehead atoms. The summed E-state index contributed by atoms with van der Waals surface area (Å²) >= 11 is 3.47. The minimum Gasteiger partial charge on any atom is -0.490 e. The van der Waals surface area contributed by atoms with Crippen LogP contribution in [-0.2, 0) is 0 Å². The molecule has 4 rings (SSSR count). The van der Waals surface area contributed by atoms with E-state index in [1.54, 1.807) is 6.21 Å². The Hall–Kier alpha value is -2.67. The lowest BCUT2D eigenvalue weighted by molar-refractivity contribution is 0.203. The zero-order valence-electron chi connectivity index (χ0n) is 20.1. The van der Waals surface area contributed by atoms with Crippen molar-refractivity contribution in [3.63, 3.8) is 0 Å². The molecule has 3 aromatic rings. The van der Waals surface area contributed by atoms with Gasteiger partial charge in [-0.3, -0.25) is 4.79 Å². The zero-order chi connectivity index (χ0) is 24.1. The minimum absolute atomic E-state index is 0.0957. The van der Waals surface area contributed by atoms with Gasteiger partial charge in [0.15, 0.2) is 11.5 Å². The number of rotatable bonds is 8. The first-order valence-corrected chi connectivity index (χ1v) is 13.0. The first-order chi connectivity index (χ1) is 16.5. The third kappa shape index (κ3) is 5.52. The largest absolute Gasteiger partial charge is 0.490 e. The van der Waals surface area contributed by atoms with E-state index in [0.717, 1.165) is 48.0 Å². The Kier molecular flexibility index (Phi) is 8.03. The first kappa shape index (κ1) is 24.5. The summed E-state index contributed by atoms with van der Waals surface area (Å²) < 4.78 is 14.2. The van der Waals surface area contributed by atoms with Crippen LogP contribution in [0.1, 0.15) is 76.6 Å². The molecular weight excluding hydrogens is 494 g/mol. The molecule has 0 amide bonds. The number of hydrogen-bond donors (Lipinski definition) is 0. The predicted molar refractivity (Wildman–Crippen MR) is 141 cm³/mol. The van der Waals surface area contributed by atoms with E-state index in [9.17, 15) is 4.79 Å². The van der Waals surface area contributed by atoms with Gasteiger partial charge in [0, 0.05) is 10.4 Å². The van der Waals surface area contributed by atoms with Gasteiger partial charge >= 0.3 is 0 Å². The summed E-state index contributed by atoms with van der Waals surface area (Å²) in [4.78, 5) is 18.4. The normalized spacial score (nSPS) is 15.6. The third-order valence-corrected chi connectivity index (χ3v) is 6.79. The van der Waals surface area contributed by atoms with Gasteiger partial charge in [0.2, 0.25) is 0 Å². The average Bonchev–Trinajstić information content (AvgIpc) is 2.85. The van der Waals surface area contributed by atoms with Crippen molar-refractivity contribution in [2.24, 2.45) is 5.10 Å². The Morgan fingerprint density at radius 3 is 2.68 bits per heavy atom. The van der Waals surface area contributed by atoms with Gasteiger partial charge in [-0.1, -0.05) is 42.1 Å². The van der Waals surface area contributed by atoms with Gasteiger partial charge in [0.25, 0.3) is 5.56 Å². The van der Waals surface area contributed by atoms with Crippen LogP contribution in [0, 0.1) is 0 Å². The summed E-state index contributed by atoms with van der Waals surface area (Å²) in [5, 5.41) is 5.20. The Bertz CT molecular complexity index is 1230. The van der Waals surface area contributed by atoms with Crippen molar-refractivity contribution in [1.82, 2.24) is 9.66 Å². The van der Waals surface area contributed by atoms with Crippen LogP contribution in [0.3, 0.4) is 0 Å². The van der Waals surface area contributed by atoms with Gasteiger partial charge in [0.1, 0.15) is 5.82 Å². The molecule has 1 atom stereocenters. The Labute approximate surface area is 209 Å². The number of hydrogen-bond acceptors (Lipinski definition) is 5. The van der Waals surface area contributed by atoms with E-state index in [1.165, 1.54) is 11.1 Å². The van der Waals surface area contributed by atoms with Crippen molar-refractivity contribution < 1.29 is 9.47 Å². The second kappa shape index (κ2) is 11.2. The standard InChI is InChI=1S/C27H32BrN3O3/c1-4-18(3)34-24-14-11-19(15-25(24)33-5-2)17-29-31-26(20-9-7-6-8-10-20)30-23-13-12-21(28)16-22(23)27(31)32/h11-18,20H,4-10H2,1-3H3/t18-/m0/s1. The molecule has 2 aromatic carbocycles. The van der Waals surface area contributed by atoms with Crippen LogP contribution >= 0.6 is 15.9 Å². The van der Waals surface area contributed by atoms with Crippen LogP contribution in [0.5, 0.6) is 11.5 Å². The SMILES string of the molecule is CCOc1cc(C=Nn2c(C3CCCCC3)nc3ccc(Br)cc3c2=O)ccc1O[C@@H](C)CC. The molecule has 7 heteroatoms. The fraction of sp³-hybridized carbons (Fsp3) is 0.444. The van der Waals surface area contributed by atoms with E-state index in [4.69, 9.17) is 14.5 Å². The van der Waals surface area contributed by atoms with Crippen molar-refractivity contribution in [3.8, 4) is 11.5 Å².